The van der Waals surface area contributed by atoms with Crippen molar-refractivity contribution in [2.45, 2.75) is 78.6 Å². The second kappa shape index (κ2) is 14.3. The number of imidazole rings is 1. The predicted octanol–water partition coefficient (Wildman–Crippen LogP) is 13.8. The highest BCUT2D eigenvalue weighted by Crippen LogP contribution is 2.47. The van der Waals surface area contributed by atoms with Crippen molar-refractivity contribution in [3.8, 4) is 16.8 Å². The number of aromatic nitrogens is 2. The minimum atomic E-state index is -0.0902. The van der Waals surface area contributed by atoms with Gasteiger partial charge in [-0.2, -0.15) is 0 Å². The summed E-state index contributed by atoms with van der Waals surface area (Å²) in [4.78, 5) is 10.6. The molecule has 0 saturated heterocycles. The van der Waals surface area contributed by atoms with E-state index < -0.39 is 0 Å². The average molecular weight is 831 g/mol. The molecule has 0 saturated carbocycles. The third kappa shape index (κ3) is 6.39. The maximum Gasteiger partial charge on any atom is 0.294 e. The van der Waals surface area contributed by atoms with Gasteiger partial charge in [-0.15, -0.1) is 0 Å². The summed E-state index contributed by atoms with van der Waals surface area (Å²) in [5, 5.41) is 2.42. The SMILES string of the molecule is CC(C)(C)c1ccc(N(c2ccc3c(c2)N(c2ccccc2)c2cc(C(C)(C)C)cc4c2B3c2nc3cc(C(C)(C)C)ccc3n2-4)c2ccc(-c3ccccc3)c3ccccc23)cc1. The molecule has 1 aromatic heterocycles. The van der Waals surface area contributed by atoms with E-state index in [0.29, 0.717) is 0 Å². The van der Waals surface area contributed by atoms with Crippen LogP contribution < -0.4 is 26.4 Å². The van der Waals surface area contributed by atoms with Crippen molar-refractivity contribution < 1.29 is 0 Å². The Kier molecular flexibility index (Phi) is 8.95. The maximum atomic E-state index is 5.58. The standard InChI is InChI=1S/C59H55BN4/c1-57(2,3)39-24-27-43(28-25-39)62(50-33-30-45(38-18-12-10-13-19-38)46-22-16-17-23-47(46)50)44-29-31-48-52(37-44)63(42-20-14-11-15-21-42)53-35-41(59(7,8)9)36-54-55(53)60(48)56-61-49-34-40(58(4,5)6)26-32-51(49)64(54)56/h10-37H,1-9H3. The average Bonchev–Trinajstić information content (AvgIpc) is 3.81. The quantitative estimate of drug-likeness (QED) is 0.162. The van der Waals surface area contributed by atoms with Gasteiger partial charge < -0.3 is 14.4 Å². The van der Waals surface area contributed by atoms with E-state index in [2.05, 4.69) is 247 Å². The molecule has 8 aromatic carbocycles. The number of rotatable bonds is 5. The molecule has 2 aliphatic rings. The first-order valence-corrected chi connectivity index (χ1v) is 22.8. The van der Waals surface area contributed by atoms with Crippen LogP contribution in [0.25, 0.3) is 38.6 Å². The van der Waals surface area contributed by atoms with Crippen molar-refractivity contribution in [2.75, 3.05) is 9.80 Å². The molecule has 0 fully saturated rings. The van der Waals surface area contributed by atoms with Crippen LogP contribution in [-0.4, -0.2) is 16.3 Å². The van der Waals surface area contributed by atoms with Crippen LogP contribution in [0.3, 0.4) is 0 Å². The van der Waals surface area contributed by atoms with Crippen LogP contribution in [0.4, 0.5) is 34.1 Å². The lowest BCUT2D eigenvalue weighted by Gasteiger charge is -2.37. The van der Waals surface area contributed by atoms with Gasteiger partial charge in [-0.3, -0.25) is 0 Å². The molecule has 0 bridgehead atoms. The van der Waals surface area contributed by atoms with Gasteiger partial charge >= 0.3 is 0 Å². The molecule has 314 valence electrons. The van der Waals surface area contributed by atoms with Crippen LogP contribution in [0.1, 0.15) is 79.0 Å². The Bertz CT molecular complexity index is 3270. The van der Waals surface area contributed by atoms with Crippen molar-refractivity contribution >= 4 is 79.3 Å². The van der Waals surface area contributed by atoms with Gasteiger partial charge in [0.1, 0.15) is 0 Å². The van der Waals surface area contributed by atoms with E-state index in [1.165, 1.54) is 60.9 Å². The number of anilines is 6. The predicted molar refractivity (Wildman–Crippen MR) is 274 cm³/mol. The molecule has 0 unspecified atom stereocenters. The number of para-hydroxylation sites is 1. The number of benzene rings is 8. The fourth-order valence-corrected chi connectivity index (χ4v) is 10.1. The topological polar surface area (TPSA) is 24.3 Å². The second-order valence-corrected chi connectivity index (χ2v) is 21.0. The Balaban J connectivity index is 1.19. The highest BCUT2D eigenvalue weighted by atomic mass is 15.2. The summed E-state index contributed by atoms with van der Waals surface area (Å²) in [5.74, 6) is 0. The van der Waals surface area contributed by atoms with E-state index in [-0.39, 0.29) is 23.0 Å². The van der Waals surface area contributed by atoms with Crippen LogP contribution in [0.2, 0.25) is 0 Å². The molecule has 64 heavy (non-hydrogen) atoms. The van der Waals surface area contributed by atoms with Crippen LogP contribution in [0.15, 0.2) is 170 Å². The molecule has 5 heteroatoms. The minimum absolute atomic E-state index is 0.0168. The molecular weight excluding hydrogens is 775 g/mol. The van der Waals surface area contributed by atoms with Crippen molar-refractivity contribution in [1.82, 2.24) is 9.55 Å². The Labute approximate surface area is 378 Å². The van der Waals surface area contributed by atoms with Crippen LogP contribution >= 0.6 is 0 Å². The van der Waals surface area contributed by atoms with Gasteiger partial charge in [0, 0.05) is 39.5 Å². The fourth-order valence-electron chi connectivity index (χ4n) is 10.1. The largest absolute Gasteiger partial charge is 0.311 e. The van der Waals surface area contributed by atoms with Crippen LogP contribution in [0, 0.1) is 0 Å². The molecule has 0 spiro atoms. The third-order valence-corrected chi connectivity index (χ3v) is 13.6. The van der Waals surface area contributed by atoms with E-state index in [1.807, 2.05) is 0 Å². The smallest absolute Gasteiger partial charge is 0.294 e. The van der Waals surface area contributed by atoms with E-state index >= 15 is 0 Å². The van der Waals surface area contributed by atoms with Crippen molar-refractivity contribution in [3.63, 3.8) is 0 Å². The fraction of sp³-hybridized carbons (Fsp3) is 0.203. The first-order chi connectivity index (χ1) is 30.6. The Morgan fingerprint density at radius 2 is 1.09 bits per heavy atom. The van der Waals surface area contributed by atoms with E-state index in [1.54, 1.807) is 0 Å². The molecule has 4 nitrogen and oxygen atoms in total. The van der Waals surface area contributed by atoms with Gasteiger partial charge in [-0.25, -0.2) is 4.98 Å². The molecule has 0 N–H and O–H groups in total. The van der Waals surface area contributed by atoms with Gasteiger partial charge in [-0.1, -0.05) is 165 Å². The highest BCUT2D eigenvalue weighted by molar-refractivity contribution is 6.99. The molecular formula is C59H55BN4. The van der Waals surface area contributed by atoms with E-state index in [0.717, 1.165) is 45.2 Å². The molecule has 2 aliphatic heterocycles. The zero-order valence-electron chi connectivity index (χ0n) is 38.5. The van der Waals surface area contributed by atoms with Gasteiger partial charge in [0.25, 0.3) is 6.71 Å². The summed E-state index contributed by atoms with van der Waals surface area (Å²) in [6, 6.07) is 63.4. The lowest BCUT2D eigenvalue weighted by Crippen LogP contribution is -2.55. The van der Waals surface area contributed by atoms with Gasteiger partial charge in [0.2, 0.25) is 0 Å². The number of fused-ring (bicyclic) bond motifs is 8. The van der Waals surface area contributed by atoms with Gasteiger partial charge in [0.05, 0.1) is 22.4 Å². The lowest BCUT2D eigenvalue weighted by atomic mass is 9.39. The number of hydrogen-bond donors (Lipinski definition) is 0. The second-order valence-electron chi connectivity index (χ2n) is 21.0. The molecule has 0 radical (unpaired) electrons. The Morgan fingerprint density at radius 3 is 1.78 bits per heavy atom. The van der Waals surface area contributed by atoms with Crippen LogP contribution in [0.5, 0.6) is 0 Å². The summed E-state index contributed by atoms with van der Waals surface area (Å²) in [6.07, 6.45) is 0. The monoisotopic (exact) mass is 830 g/mol. The number of nitrogens with zero attached hydrogens (tertiary/aromatic N) is 4. The zero-order chi connectivity index (χ0) is 44.3. The summed E-state index contributed by atoms with van der Waals surface area (Å²) in [6.45, 7) is 20.6. The first-order valence-electron chi connectivity index (χ1n) is 22.8. The van der Waals surface area contributed by atoms with Crippen molar-refractivity contribution in [1.29, 1.82) is 0 Å². The maximum absolute atomic E-state index is 5.58. The normalized spacial score (nSPS) is 13.3. The lowest BCUT2D eigenvalue weighted by molar-refractivity contribution is 0.590. The first kappa shape index (κ1) is 40.0. The minimum Gasteiger partial charge on any atom is -0.311 e. The van der Waals surface area contributed by atoms with Gasteiger partial charge in [0.15, 0.2) is 0 Å². The molecule has 11 rings (SSSR count). The summed E-state index contributed by atoms with van der Waals surface area (Å²) < 4.78 is 2.47. The molecule has 0 amide bonds. The Hall–Kier alpha value is -6.85. The van der Waals surface area contributed by atoms with Gasteiger partial charge in [-0.05, 0) is 127 Å². The third-order valence-electron chi connectivity index (χ3n) is 13.6. The van der Waals surface area contributed by atoms with E-state index in [9.17, 15) is 0 Å². The highest BCUT2D eigenvalue weighted by Gasteiger charge is 2.46. The van der Waals surface area contributed by atoms with Crippen LogP contribution in [-0.2, 0) is 16.2 Å². The molecule has 9 aromatic rings. The zero-order valence-corrected chi connectivity index (χ0v) is 38.5. The molecule has 0 aliphatic carbocycles. The van der Waals surface area contributed by atoms with E-state index in [4.69, 9.17) is 4.98 Å². The number of hydrogen-bond acceptors (Lipinski definition) is 3. The summed E-state index contributed by atoms with van der Waals surface area (Å²) >= 11 is 0. The molecule has 3 heterocycles. The summed E-state index contributed by atoms with van der Waals surface area (Å²) in [5.41, 5.74) is 20.2. The van der Waals surface area contributed by atoms with Crippen molar-refractivity contribution in [3.05, 3.63) is 187 Å². The Morgan fingerprint density at radius 1 is 0.484 bits per heavy atom. The van der Waals surface area contributed by atoms with Crippen molar-refractivity contribution in [2.24, 2.45) is 0 Å². The summed E-state index contributed by atoms with van der Waals surface area (Å²) in [7, 11) is 0. The molecule has 0 atom stereocenters.